The van der Waals surface area contributed by atoms with Crippen molar-refractivity contribution >= 4 is 34.8 Å². The van der Waals surface area contributed by atoms with E-state index in [2.05, 4.69) is 25.7 Å². The van der Waals surface area contributed by atoms with Gasteiger partial charge in [0.15, 0.2) is 16.9 Å². The number of rotatable bonds is 4. The highest BCUT2D eigenvalue weighted by molar-refractivity contribution is 6.31. The Bertz CT molecular complexity index is 1880. The predicted octanol–water partition coefficient (Wildman–Crippen LogP) is 6.83. The van der Waals surface area contributed by atoms with Gasteiger partial charge in [-0.2, -0.15) is 5.10 Å². The summed E-state index contributed by atoms with van der Waals surface area (Å²) in [5.41, 5.74) is 3.29. The fourth-order valence-corrected chi connectivity index (χ4v) is 5.66. The number of pyridine rings is 1. The van der Waals surface area contributed by atoms with Crippen molar-refractivity contribution in [3.63, 3.8) is 0 Å². The average Bonchev–Trinajstić information content (AvgIpc) is 3.61. The number of anilines is 1. The number of carbonyl (C=O) groups is 1. The highest BCUT2D eigenvalue weighted by Gasteiger charge is 2.26. The second-order valence-corrected chi connectivity index (χ2v) is 11.3. The average molecular weight is 622 g/mol. The monoisotopic (exact) mass is 621 g/mol. The van der Waals surface area contributed by atoms with Crippen LogP contribution in [0.15, 0.2) is 70.5 Å². The number of halogens is 3. The first-order chi connectivity index (χ1) is 20.7. The van der Waals surface area contributed by atoms with Crippen molar-refractivity contribution in [1.82, 2.24) is 29.8 Å². The topological polar surface area (TPSA) is 121 Å². The number of nitrogens with zero attached hydrogens (tertiary/aromatic N) is 6. The number of benzene rings is 1. The van der Waals surface area contributed by atoms with E-state index in [-0.39, 0.29) is 28.2 Å². The molecule has 1 aliphatic rings. The molecule has 0 aliphatic carbocycles. The third-order valence-corrected chi connectivity index (χ3v) is 7.96. The quantitative estimate of drug-likeness (QED) is 0.233. The van der Waals surface area contributed by atoms with Crippen LogP contribution in [0.3, 0.4) is 0 Å². The lowest BCUT2D eigenvalue weighted by Crippen LogP contribution is -2.22. The molecule has 1 N–H and O–H groups in total. The van der Waals surface area contributed by atoms with Crippen LogP contribution in [-0.4, -0.2) is 35.7 Å². The van der Waals surface area contributed by atoms with E-state index in [0.29, 0.717) is 63.7 Å². The van der Waals surface area contributed by atoms with Crippen molar-refractivity contribution in [2.24, 2.45) is 5.92 Å². The second-order valence-electron chi connectivity index (χ2n) is 10.5. The maximum absolute atomic E-state index is 14.6. The van der Waals surface area contributed by atoms with Crippen LogP contribution in [-0.2, 0) is 4.79 Å². The molecular formula is C30H26Cl2FN7O3. The molecule has 0 fully saturated rings. The molecule has 2 bridgehead atoms. The van der Waals surface area contributed by atoms with Crippen LogP contribution in [0.1, 0.15) is 56.6 Å². The largest absolute Gasteiger partial charge is 0.464 e. The molecule has 0 saturated heterocycles. The van der Waals surface area contributed by atoms with Gasteiger partial charge in [-0.25, -0.2) is 13.8 Å². The number of hydrogen-bond acceptors (Lipinski definition) is 7. The Morgan fingerprint density at radius 2 is 1.98 bits per heavy atom. The highest BCUT2D eigenvalue weighted by Crippen LogP contribution is 2.36. The summed E-state index contributed by atoms with van der Waals surface area (Å²) in [6.45, 7) is 3.21. The van der Waals surface area contributed by atoms with E-state index in [0.717, 1.165) is 0 Å². The zero-order valence-corrected chi connectivity index (χ0v) is 24.7. The van der Waals surface area contributed by atoms with E-state index in [1.54, 1.807) is 36.5 Å². The van der Waals surface area contributed by atoms with Crippen LogP contribution in [0.25, 0.3) is 28.3 Å². The summed E-state index contributed by atoms with van der Waals surface area (Å²) in [6, 6.07) is 10.0. The lowest BCUT2D eigenvalue weighted by Gasteiger charge is -2.20. The summed E-state index contributed by atoms with van der Waals surface area (Å²) < 4.78 is 23.3. The van der Waals surface area contributed by atoms with Crippen molar-refractivity contribution in [2.75, 3.05) is 5.32 Å². The summed E-state index contributed by atoms with van der Waals surface area (Å²) in [5, 5.41) is 15.6. The van der Waals surface area contributed by atoms with Crippen molar-refractivity contribution in [2.45, 2.75) is 45.3 Å². The van der Waals surface area contributed by atoms with Gasteiger partial charge in [-0.3, -0.25) is 14.6 Å². The van der Waals surface area contributed by atoms with Crippen LogP contribution in [0.5, 0.6) is 0 Å². The molecule has 6 rings (SSSR count). The molecule has 0 radical (unpaired) electrons. The van der Waals surface area contributed by atoms with Crippen molar-refractivity contribution in [1.29, 1.82) is 0 Å². The summed E-state index contributed by atoms with van der Waals surface area (Å²) in [7, 11) is 0. The maximum atomic E-state index is 14.6. The molecule has 220 valence electrons. The number of carbonyl (C=O) groups excluding carboxylic acids is 1. The van der Waals surface area contributed by atoms with Gasteiger partial charge in [-0.05, 0) is 50.1 Å². The molecule has 4 aromatic heterocycles. The molecule has 3 atom stereocenters. The predicted molar refractivity (Wildman–Crippen MR) is 160 cm³/mol. The SMILES string of the molecule is CC(F)n1ncc2c1-c1ccnc(c1)[C@@H](c1coc(-c3cc(Cl)ccc3-n3cc(Cl)nn3)cc1=O)CCC[C@@H](C)C(=O)N2. The van der Waals surface area contributed by atoms with Gasteiger partial charge in [0.2, 0.25) is 5.91 Å². The third kappa shape index (κ3) is 5.70. The van der Waals surface area contributed by atoms with E-state index in [1.807, 2.05) is 6.92 Å². The Balaban J connectivity index is 1.45. The minimum atomic E-state index is -1.44. The lowest BCUT2D eigenvalue weighted by molar-refractivity contribution is -0.119. The van der Waals surface area contributed by atoms with E-state index in [1.165, 1.54) is 41.0 Å². The van der Waals surface area contributed by atoms with Crippen LogP contribution >= 0.6 is 23.2 Å². The van der Waals surface area contributed by atoms with E-state index >= 15 is 0 Å². The highest BCUT2D eigenvalue weighted by atomic mass is 35.5. The summed E-state index contributed by atoms with van der Waals surface area (Å²) >= 11 is 12.3. The Kier molecular flexibility index (Phi) is 7.85. The third-order valence-electron chi connectivity index (χ3n) is 7.55. The van der Waals surface area contributed by atoms with Crippen molar-refractivity contribution in [3.05, 3.63) is 92.9 Å². The van der Waals surface area contributed by atoms with Crippen LogP contribution < -0.4 is 10.7 Å². The molecule has 1 amide bonds. The van der Waals surface area contributed by atoms with Gasteiger partial charge in [0.25, 0.3) is 0 Å². The first-order valence-electron chi connectivity index (χ1n) is 13.7. The molecule has 5 aromatic rings. The van der Waals surface area contributed by atoms with Gasteiger partial charge >= 0.3 is 0 Å². The molecule has 13 heteroatoms. The minimum Gasteiger partial charge on any atom is -0.464 e. The second kappa shape index (κ2) is 11.7. The molecule has 1 unspecified atom stereocenters. The number of hydrogen-bond donors (Lipinski definition) is 1. The fraction of sp³-hybridized carbons (Fsp3) is 0.267. The molecule has 1 aliphatic heterocycles. The smallest absolute Gasteiger partial charge is 0.227 e. The number of amides is 1. The zero-order chi connectivity index (χ0) is 30.2. The molecule has 10 nitrogen and oxygen atoms in total. The van der Waals surface area contributed by atoms with Crippen molar-refractivity contribution in [3.8, 4) is 28.3 Å². The first-order valence-corrected chi connectivity index (χ1v) is 14.4. The molecule has 1 aromatic carbocycles. The molecule has 0 saturated carbocycles. The van der Waals surface area contributed by atoms with Gasteiger partial charge in [0.05, 0.1) is 35.7 Å². The zero-order valence-electron chi connectivity index (χ0n) is 23.2. The molecule has 43 heavy (non-hydrogen) atoms. The fourth-order valence-electron chi connectivity index (χ4n) is 5.36. The number of aromatic nitrogens is 6. The Hall–Kier alpha value is -4.35. The van der Waals surface area contributed by atoms with Crippen LogP contribution in [0, 0.1) is 5.92 Å². The minimum absolute atomic E-state index is 0.187. The standard InChI is InChI=1S/C30H26Cl2FN7O3/c1-16-4-3-5-20(23-10-18(8-9-34-23)29-24(36-30(16)42)13-35-40(29)17(2)33)22-15-43-27(12-26(22)41)21-11-19(31)6-7-25(21)39-14-28(32)37-38-39/h6-17,20H,3-5H2,1-2H3,(H,36,42)/t16-,17?,20-/m1/s1. The summed E-state index contributed by atoms with van der Waals surface area (Å²) in [6.07, 6.45) is 6.34. The molecule has 0 spiro atoms. The van der Waals surface area contributed by atoms with Gasteiger partial charge in [0.1, 0.15) is 5.76 Å². The van der Waals surface area contributed by atoms with Gasteiger partial charge in [-0.1, -0.05) is 41.8 Å². The Morgan fingerprint density at radius 1 is 1.14 bits per heavy atom. The maximum Gasteiger partial charge on any atom is 0.227 e. The normalized spacial score (nSPS) is 17.8. The van der Waals surface area contributed by atoms with E-state index in [4.69, 9.17) is 27.6 Å². The van der Waals surface area contributed by atoms with E-state index < -0.39 is 12.2 Å². The summed E-state index contributed by atoms with van der Waals surface area (Å²) in [4.78, 5) is 31.3. The van der Waals surface area contributed by atoms with Gasteiger partial charge < -0.3 is 9.73 Å². The summed E-state index contributed by atoms with van der Waals surface area (Å²) in [5.74, 6) is -0.678. The van der Waals surface area contributed by atoms with Crippen LogP contribution in [0.2, 0.25) is 10.2 Å². The number of fused-ring (bicyclic) bond motifs is 4. The van der Waals surface area contributed by atoms with Gasteiger partial charge in [-0.15, -0.1) is 5.10 Å². The number of nitrogens with one attached hydrogen (secondary N) is 1. The Labute approximate surface area is 255 Å². The first kappa shape index (κ1) is 28.8. The lowest BCUT2D eigenvalue weighted by atomic mass is 9.88. The number of alkyl halides is 1. The van der Waals surface area contributed by atoms with Gasteiger partial charge in [0, 0.05) is 51.5 Å². The molecule has 5 heterocycles. The van der Waals surface area contributed by atoms with Crippen molar-refractivity contribution < 1.29 is 13.6 Å². The molecular weight excluding hydrogens is 596 g/mol. The van der Waals surface area contributed by atoms with E-state index in [9.17, 15) is 14.0 Å². The van der Waals surface area contributed by atoms with Crippen LogP contribution in [0.4, 0.5) is 10.1 Å². The Morgan fingerprint density at radius 3 is 2.72 bits per heavy atom.